The van der Waals surface area contributed by atoms with E-state index in [0.29, 0.717) is 54.8 Å². The van der Waals surface area contributed by atoms with E-state index in [9.17, 15) is 28.2 Å². The molecule has 6 aliphatic rings. The third-order valence-electron chi connectivity index (χ3n) is 15.9. The number of hydrogen-bond acceptors (Lipinski definition) is 7. The molecule has 2 N–H and O–H groups in total. The van der Waals surface area contributed by atoms with E-state index in [1.807, 2.05) is 13.8 Å². The molecule has 6 rings (SSSR count). The molecule has 6 aliphatic carbocycles. The minimum absolute atomic E-state index is 0.0457. The van der Waals surface area contributed by atoms with Gasteiger partial charge in [0.15, 0.2) is 9.84 Å². The summed E-state index contributed by atoms with van der Waals surface area (Å²) in [5.74, 6) is 1.38. The lowest BCUT2D eigenvalue weighted by molar-refractivity contribution is -0.203. The topological polar surface area (TPSA) is 118 Å². The maximum Gasteiger partial charge on any atom is 0.321 e. The van der Waals surface area contributed by atoms with Crippen molar-refractivity contribution in [2.75, 3.05) is 18.1 Å². The van der Waals surface area contributed by atoms with Gasteiger partial charge in [0.2, 0.25) is 0 Å². The van der Waals surface area contributed by atoms with Crippen LogP contribution in [0.25, 0.3) is 0 Å². The zero-order valence-electron chi connectivity index (χ0n) is 28.7. The van der Waals surface area contributed by atoms with Crippen molar-refractivity contribution in [3.05, 3.63) is 0 Å². The molecule has 13 atom stereocenters. The molecule has 256 valence electrons. The molecule has 0 heterocycles. The van der Waals surface area contributed by atoms with E-state index in [1.165, 1.54) is 0 Å². The number of rotatable bonds is 9. The number of aliphatic hydroxyl groups excluding tert-OH is 2. The second-order valence-electron chi connectivity index (χ2n) is 17.8. The van der Waals surface area contributed by atoms with Crippen LogP contribution in [0.4, 0.5) is 0 Å². The predicted molar refractivity (Wildman–Crippen MR) is 174 cm³/mol. The summed E-state index contributed by atoms with van der Waals surface area (Å²) in [6.07, 6.45) is 10.3. The summed E-state index contributed by atoms with van der Waals surface area (Å²) in [4.78, 5) is 25.6. The van der Waals surface area contributed by atoms with E-state index in [-0.39, 0.29) is 58.4 Å². The molecule has 1 unspecified atom stereocenters. The van der Waals surface area contributed by atoms with Crippen molar-refractivity contribution in [2.45, 2.75) is 131 Å². The molecule has 8 heteroatoms. The van der Waals surface area contributed by atoms with Gasteiger partial charge in [-0.1, -0.05) is 48.0 Å². The molecular formula is C37H60O7S. The van der Waals surface area contributed by atoms with Crippen molar-refractivity contribution >= 4 is 21.6 Å². The maximum absolute atomic E-state index is 13.1. The quantitative estimate of drug-likeness (QED) is 0.295. The average Bonchev–Trinajstić information content (AvgIpc) is 3.49. The highest BCUT2D eigenvalue weighted by Gasteiger charge is 2.66. The van der Waals surface area contributed by atoms with Gasteiger partial charge < -0.3 is 14.9 Å². The van der Waals surface area contributed by atoms with Gasteiger partial charge in [-0.25, -0.2) is 8.42 Å². The molecule has 0 spiro atoms. The molecule has 6 saturated carbocycles. The maximum atomic E-state index is 13.1. The highest BCUT2D eigenvalue weighted by atomic mass is 32.2. The number of carbonyl (C=O) groups is 2. The summed E-state index contributed by atoms with van der Waals surface area (Å²) in [7, 11) is -3.78. The van der Waals surface area contributed by atoms with Crippen molar-refractivity contribution < 1.29 is 33.0 Å². The Hall–Kier alpha value is -0.990. The van der Waals surface area contributed by atoms with Crippen LogP contribution in [0, 0.1) is 69.0 Å². The van der Waals surface area contributed by atoms with E-state index in [2.05, 4.69) is 27.7 Å². The van der Waals surface area contributed by atoms with Gasteiger partial charge in [0.1, 0.15) is 11.5 Å². The summed E-state index contributed by atoms with van der Waals surface area (Å²) >= 11 is 0. The van der Waals surface area contributed by atoms with Crippen LogP contribution in [0.2, 0.25) is 0 Å². The van der Waals surface area contributed by atoms with Gasteiger partial charge in [-0.3, -0.25) is 9.59 Å². The Labute approximate surface area is 271 Å². The van der Waals surface area contributed by atoms with E-state index in [4.69, 9.17) is 4.74 Å². The molecule has 0 aliphatic heterocycles. The molecule has 0 aromatic rings. The predicted octanol–water partition coefficient (Wildman–Crippen LogP) is 5.99. The largest absolute Gasteiger partial charge is 0.465 e. The molecule has 0 saturated heterocycles. The van der Waals surface area contributed by atoms with Gasteiger partial charge in [-0.15, -0.1) is 0 Å². The first-order valence-electron chi connectivity index (χ1n) is 18.3. The lowest BCUT2D eigenvalue weighted by Gasteiger charge is -2.64. The highest BCUT2D eigenvalue weighted by Crippen LogP contribution is 2.69. The number of hydrogen-bond donors (Lipinski definition) is 2. The third kappa shape index (κ3) is 5.19. The fraction of sp³-hybridized carbons (Fsp3) is 0.946. The average molecular weight is 649 g/mol. The Morgan fingerprint density at radius 1 is 0.956 bits per heavy atom. The van der Waals surface area contributed by atoms with Crippen molar-refractivity contribution in [3.8, 4) is 0 Å². The summed E-state index contributed by atoms with van der Waals surface area (Å²) < 4.78 is 31.8. The third-order valence-corrected chi connectivity index (χ3v) is 17.5. The van der Waals surface area contributed by atoms with Crippen LogP contribution < -0.4 is 0 Å². The zero-order valence-corrected chi connectivity index (χ0v) is 29.5. The van der Waals surface area contributed by atoms with Gasteiger partial charge in [0.05, 0.1) is 24.6 Å². The Morgan fingerprint density at radius 3 is 2.29 bits per heavy atom. The lowest BCUT2D eigenvalue weighted by atomic mass is 9.41. The van der Waals surface area contributed by atoms with E-state index >= 15 is 0 Å². The minimum Gasteiger partial charge on any atom is -0.465 e. The molecule has 6 fully saturated rings. The first kappa shape index (κ1) is 33.9. The van der Waals surface area contributed by atoms with Crippen LogP contribution in [0.15, 0.2) is 0 Å². The summed E-state index contributed by atoms with van der Waals surface area (Å²) in [5.41, 5.74) is -0.903. The summed E-state index contributed by atoms with van der Waals surface area (Å²) in [6.45, 7) is 13.6. The lowest BCUT2D eigenvalue weighted by Crippen LogP contribution is -2.62. The van der Waals surface area contributed by atoms with Gasteiger partial charge in [0, 0.05) is 11.8 Å². The number of aliphatic hydroxyl groups is 2. The van der Waals surface area contributed by atoms with Crippen molar-refractivity contribution in [1.29, 1.82) is 0 Å². The molecule has 2 bridgehead atoms. The Balaban J connectivity index is 1.06. The Morgan fingerprint density at radius 2 is 1.64 bits per heavy atom. The number of fused-ring (bicyclic) bond motifs is 7. The van der Waals surface area contributed by atoms with Crippen LogP contribution >= 0.6 is 0 Å². The molecular weight excluding hydrogens is 588 g/mol. The fourth-order valence-electron chi connectivity index (χ4n) is 13.2. The Kier molecular flexibility index (Phi) is 8.71. The molecule has 7 nitrogen and oxygen atoms in total. The number of esters is 1. The summed E-state index contributed by atoms with van der Waals surface area (Å²) in [6, 6.07) is 0. The van der Waals surface area contributed by atoms with E-state index in [0.717, 1.165) is 57.8 Å². The number of sulfone groups is 1. The number of ketones is 1. The van der Waals surface area contributed by atoms with Crippen LogP contribution in [0.1, 0.15) is 119 Å². The van der Waals surface area contributed by atoms with Gasteiger partial charge in [-0.2, -0.15) is 0 Å². The van der Waals surface area contributed by atoms with Crippen molar-refractivity contribution in [1.82, 2.24) is 0 Å². The second kappa shape index (κ2) is 11.6. The van der Waals surface area contributed by atoms with Gasteiger partial charge in [0.25, 0.3) is 0 Å². The fourth-order valence-corrected chi connectivity index (χ4v) is 15.2. The molecule has 0 aromatic heterocycles. The van der Waals surface area contributed by atoms with E-state index < -0.39 is 27.0 Å². The van der Waals surface area contributed by atoms with Crippen molar-refractivity contribution in [3.63, 3.8) is 0 Å². The van der Waals surface area contributed by atoms with E-state index in [1.54, 1.807) is 0 Å². The first-order valence-corrected chi connectivity index (χ1v) is 20.1. The molecule has 0 aromatic carbocycles. The van der Waals surface area contributed by atoms with Crippen molar-refractivity contribution in [2.24, 2.45) is 69.0 Å². The minimum atomic E-state index is -3.78. The SMILES string of the molecule is CC[C@H]1[C@@H](O)[C@@H]2[C@H](CC[C@]3(C)[C@@H]([C@H](C)CCOC(=O)CS(=O)(=O)C[C@]45CCC(CC4=O)C5(C)C)CC[C@@H]23)[C@@]2(C)CC[C@@H](O)C[C@@H]12. The van der Waals surface area contributed by atoms with Crippen LogP contribution in [0.5, 0.6) is 0 Å². The van der Waals surface area contributed by atoms with Gasteiger partial charge >= 0.3 is 5.97 Å². The standard InChI is InChI=1S/C37H60O7S/c1-7-25-29-19-24(38)11-14-36(29,6)28-12-15-35(5)26(8-9-27(35)32(28)33(25)41)22(2)13-17-44-31(40)20-45(42,43)21-37-16-10-23(18-30(37)39)34(37,3)4/h22-29,32-33,38,41H,7-21H2,1-6H3/t22-,23?,24-,25-,26-,27+,28+,29+,32+,33-,35-,36-,37-/m1/s1. The normalized spacial score (nSPS) is 47.6. The highest BCUT2D eigenvalue weighted by molar-refractivity contribution is 7.92. The van der Waals surface area contributed by atoms with Crippen LogP contribution in [-0.2, 0) is 24.2 Å². The zero-order chi connectivity index (χ0) is 32.7. The van der Waals surface area contributed by atoms with Gasteiger partial charge in [-0.05, 0) is 128 Å². The first-order chi connectivity index (χ1) is 21.0. The monoisotopic (exact) mass is 648 g/mol. The molecule has 0 amide bonds. The van der Waals surface area contributed by atoms with Crippen LogP contribution in [-0.4, -0.2) is 60.7 Å². The summed E-state index contributed by atoms with van der Waals surface area (Å²) in [5, 5.41) is 22.5. The molecule has 45 heavy (non-hydrogen) atoms. The van der Waals surface area contributed by atoms with Crippen LogP contribution in [0.3, 0.4) is 0 Å². The Bertz CT molecular complexity index is 1280. The number of carbonyl (C=O) groups excluding carboxylic acids is 2. The molecule has 0 radical (unpaired) electrons. The smallest absolute Gasteiger partial charge is 0.321 e. The number of Topliss-reactive ketones (excluding diaryl/α,β-unsaturated/α-hetero) is 1. The number of ether oxygens (including phenoxy) is 1. The second-order valence-corrected chi connectivity index (χ2v) is 19.9.